The van der Waals surface area contributed by atoms with E-state index < -0.39 is 0 Å². The van der Waals surface area contributed by atoms with Crippen molar-refractivity contribution in [2.45, 2.75) is 38.6 Å². The molecule has 0 fully saturated rings. The number of fused-ring (bicyclic) bond motifs is 1. The summed E-state index contributed by atoms with van der Waals surface area (Å²) in [5.41, 5.74) is 2.48. The summed E-state index contributed by atoms with van der Waals surface area (Å²) in [5.74, 6) is 0.845. The molecular weight excluding hydrogens is 286 g/mol. The summed E-state index contributed by atoms with van der Waals surface area (Å²) in [5, 5.41) is 8.88. The monoisotopic (exact) mass is 305 g/mol. The molecule has 1 unspecified atom stereocenters. The van der Waals surface area contributed by atoms with Crippen molar-refractivity contribution in [2.24, 2.45) is 0 Å². The maximum atomic E-state index is 9.05. The van der Waals surface area contributed by atoms with E-state index in [0.717, 1.165) is 49.5 Å². The van der Waals surface area contributed by atoms with E-state index in [4.69, 9.17) is 21.6 Å². The molecule has 0 aliphatic carbocycles. The molecule has 0 bridgehead atoms. The van der Waals surface area contributed by atoms with Gasteiger partial charge >= 0.3 is 0 Å². The minimum atomic E-state index is -0.167. The van der Waals surface area contributed by atoms with Crippen molar-refractivity contribution in [3.63, 3.8) is 0 Å². The summed E-state index contributed by atoms with van der Waals surface area (Å²) in [6.07, 6.45) is 1.93. The quantitative estimate of drug-likeness (QED) is 0.573. The second-order valence-electron chi connectivity index (χ2n) is 5.02. The predicted molar refractivity (Wildman–Crippen MR) is 84.4 cm³/mol. The molecule has 0 saturated carbocycles. The number of ether oxygens (including phenoxy) is 1. The van der Waals surface area contributed by atoms with E-state index in [1.165, 1.54) is 0 Å². The molecule has 1 atom stereocenters. The molecule has 0 radical (unpaired) electrons. The molecule has 1 heterocycles. The van der Waals surface area contributed by atoms with Crippen LogP contribution in [0.25, 0.3) is 11.0 Å². The minimum Gasteiger partial charge on any atom is -0.381 e. The molecule has 1 aromatic carbocycles. The fourth-order valence-corrected chi connectivity index (χ4v) is 2.49. The van der Waals surface area contributed by atoms with Crippen LogP contribution in [0.15, 0.2) is 18.2 Å². The first-order valence-corrected chi connectivity index (χ1v) is 7.73. The molecule has 1 aromatic heterocycles. The topological polar surface area (TPSA) is 50.8 Å². The number of halogens is 1. The Morgan fingerprint density at radius 2 is 2.24 bits per heavy atom. The van der Waals surface area contributed by atoms with Crippen molar-refractivity contribution in [1.82, 2.24) is 9.55 Å². The third kappa shape index (κ3) is 3.75. The van der Waals surface area contributed by atoms with Gasteiger partial charge < -0.3 is 9.30 Å². The van der Waals surface area contributed by atoms with Crippen LogP contribution in [-0.2, 0) is 11.3 Å². The van der Waals surface area contributed by atoms with Crippen molar-refractivity contribution in [3.05, 3.63) is 29.6 Å². The summed E-state index contributed by atoms with van der Waals surface area (Å²) in [6.45, 7) is 6.32. The minimum absolute atomic E-state index is 0.167. The summed E-state index contributed by atoms with van der Waals surface area (Å²) in [7, 11) is 0. The van der Waals surface area contributed by atoms with E-state index in [-0.39, 0.29) is 5.38 Å². The Hall–Kier alpha value is -1.57. The fraction of sp³-hybridized carbons (Fsp3) is 0.500. The summed E-state index contributed by atoms with van der Waals surface area (Å²) >= 11 is 6.24. The number of alkyl halides is 1. The van der Waals surface area contributed by atoms with Gasteiger partial charge in [-0.1, -0.05) is 6.92 Å². The van der Waals surface area contributed by atoms with Crippen LogP contribution in [0.1, 0.15) is 43.5 Å². The van der Waals surface area contributed by atoms with Gasteiger partial charge in [0.2, 0.25) is 0 Å². The average molecular weight is 306 g/mol. The Labute approximate surface area is 130 Å². The Balaban J connectivity index is 2.25. The zero-order valence-electron chi connectivity index (χ0n) is 12.5. The molecule has 112 valence electrons. The SMILES string of the molecule is CCCOCCCn1c(C(C)Cl)nc2ccc(C#N)cc21. The lowest BCUT2D eigenvalue weighted by Gasteiger charge is -2.10. The molecule has 2 rings (SSSR count). The number of hydrogen-bond acceptors (Lipinski definition) is 3. The molecule has 4 nitrogen and oxygen atoms in total. The van der Waals surface area contributed by atoms with Gasteiger partial charge in [-0.25, -0.2) is 4.98 Å². The van der Waals surface area contributed by atoms with Gasteiger partial charge in [0.1, 0.15) is 5.82 Å². The van der Waals surface area contributed by atoms with E-state index >= 15 is 0 Å². The molecular formula is C16H20ClN3O. The van der Waals surface area contributed by atoms with Crippen LogP contribution in [0.4, 0.5) is 0 Å². The summed E-state index contributed by atoms with van der Waals surface area (Å²) < 4.78 is 7.62. The second kappa shape index (κ2) is 7.44. The zero-order chi connectivity index (χ0) is 15.2. The fourth-order valence-electron chi connectivity index (χ4n) is 2.32. The highest BCUT2D eigenvalue weighted by atomic mass is 35.5. The molecule has 0 spiro atoms. The molecule has 2 aromatic rings. The third-order valence-electron chi connectivity index (χ3n) is 3.28. The molecule has 21 heavy (non-hydrogen) atoms. The molecule has 0 amide bonds. The maximum Gasteiger partial charge on any atom is 0.127 e. The first kappa shape index (κ1) is 15.8. The van der Waals surface area contributed by atoms with Gasteiger partial charge in [0.15, 0.2) is 0 Å². The Morgan fingerprint density at radius 3 is 2.90 bits per heavy atom. The number of imidazole rings is 1. The third-order valence-corrected chi connectivity index (χ3v) is 3.48. The number of aromatic nitrogens is 2. The molecule has 0 saturated heterocycles. The van der Waals surface area contributed by atoms with E-state index in [1.54, 1.807) is 6.07 Å². The Bertz CT molecular complexity index is 643. The second-order valence-corrected chi connectivity index (χ2v) is 5.67. The normalized spacial score (nSPS) is 12.5. The Kier molecular flexibility index (Phi) is 5.60. The Morgan fingerprint density at radius 1 is 1.43 bits per heavy atom. The molecule has 5 heteroatoms. The number of rotatable bonds is 7. The molecule has 0 aliphatic heterocycles. The highest BCUT2D eigenvalue weighted by Gasteiger charge is 2.15. The van der Waals surface area contributed by atoms with Crippen LogP contribution < -0.4 is 0 Å². The van der Waals surface area contributed by atoms with E-state index in [1.807, 2.05) is 19.1 Å². The van der Waals surface area contributed by atoms with Crippen LogP contribution in [0, 0.1) is 11.3 Å². The van der Waals surface area contributed by atoms with Crippen molar-refractivity contribution in [1.29, 1.82) is 5.26 Å². The highest BCUT2D eigenvalue weighted by molar-refractivity contribution is 6.20. The van der Waals surface area contributed by atoms with Crippen molar-refractivity contribution in [3.8, 4) is 6.07 Å². The first-order chi connectivity index (χ1) is 10.2. The van der Waals surface area contributed by atoms with Crippen LogP contribution in [0.3, 0.4) is 0 Å². The molecule has 0 aliphatic rings. The average Bonchev–Trinajstić information content (AvgIpc) is 2.85. The summed E-state index contributed by atoms with van der Waals surface area (Å²) in [6, 6.07) is 7.70. The smallest absolute Gasteiger partial charge is 0.127 e. The number of aryl methyl sites for hydroxylation is 1. The van der Waals surface area contributed by atoms with E-state index in [9.17, 15) is 0 Å². The lowest BCUT2D eigenvalue weighted by molar-refractivity contribution is 0.129. The standard InChI is InChI=1S/C16H20ClN3O/c1-3-8-21-9-4-7-20-15-10-13(11-18)5-6-14(15)19-16(20)12(2)17/h5-6,10,12H,3-4,7-9H2,1-2H3. The first-order valence-electron chi connectivity index (χ1n) is 7.29. The van der Waals surface area contributed by atoms with Crippen LogP contribution in [0.5, 0.6) is 0 Å². The number of nitrogens with zero attached hydrogens (tertiary/aromatic N) is 3. The maximum absolute atomic E-state index is 9.05. The van der Waals surface area contributed by atoms with Crippen LogP contribution >= 0.6 is 11.6 Å². The van der Waals surface area contributed by atoms with Crippen molar-refractivity contribution in [2.75, 3.05) is 13.2 Å². The predicted octanol–water partition coefficient (Wildman–Crippen LogP) is 4.02. The van der Waals surface area contributed by atoms with Gasteiger partial charge in [-0.3, -0.25) is 0 Å². The van der Waals surface area contributed by atoms with Crippen LogP contribution in [-0.4, -0.2) is 22.8 Å². The van der Waals surface area contributed by atoms with Gasteiger partial charge in [0, 0.05) is 19.8 Å². The van der Waals surface area contributed by atoms with Crippen molar-refractivity contribution >= 4 is 22.6 Å². The lowest BCUT2D eigenvalue weighted by atomic mass is 10.2. The number of hydrogen-bond donors (Lipinski definition) is 0. The van der Waals surface area contributed by atoms with E-state index in [2.05, 4.69) is 22.5 Å². The largest absolute Gasteiger partial charge is 0.381 e. The van der Waals surface area contributed by atoms with Crippen molar-refractivity contribution < 1.29 is 4.74 Å². The highest BCUT2D eigenvalue weighted by Crippen LogP contribution is 2.25. The zero-order valence-corrected chi connectivity index (χ0v) is 13.2. The lowest BCUT2D eigenvalue weighted by Crippen LogP contribution is -2.07. The van der Waals surface area contributed by atoms with Crippen LogP contribution in [0.2, 0.25) is 0 Å². The van der Waals surface area contributed by atoms with Gasteiger partial charge in [-0.05, 0) is 38.0 Å². The van der Waals surface area contributed by atoms with Gasteiger partial charge in [0.25, 0.3) is 0 Å². The van der Waals surface area contributed by atoms with Gasteiger partial charge in [-0.15, -0.1) is 11.6 Å². The summed E-state index contributed by atoms with van der Waals surface area (Å²) in [4.78, 5) is 4.58. The van der Waals surface area contributed by atoms with Gasteiger partial charge in [0.05, 0.1) is 28.0 Å². The van der Waals surface area contributed by atoms with E-state index in [0.29, 0.717) is 5.56 Å². The number of nitriles is 1. The number of benzene rings is 1. The molecule has 0 N–H and O–H groups in total. The van der Waals surface area contributed by atoms with Gasteiger partial charge in [-0.2, -0.15) is 5.26 Å².